The molecule has 0 radical (unpaired) electrons. The van der Waals surface area contributed by atoms with Gasteiger partial charge < -0.3 is 4.57 Å². The number of nitrogens with one attached hydrogen (secondary N) is 1. The van der Waals surface area contributed by atoms with Crippen molar-refractivity contribution < 1.29 is 12.8 Å². The topological polar surface area (TPSA) is 71.4 Å². The van der Waals surface area contributed by atoms with Gasteiger partial charge >= 0.3 is 10.2 Å². The number of aryl methyl sites for hydroxylation is 2. The summed E-state index contributed by atoms with van der Waals surface area (Å²) in [5, 5.41) is 0. The minimum absolute atomic E-state index is 0.0709. The maximum absolute atomic E-state index is 15.3. The minimum atomic E-state index is -3.85. The highest BCUT2D eigenvalue weighted by molar-refractivity contribution is 7.90. The number of nitrogens with zero attached hydrogens (tertiary/aromatic N) is 2. The number of anilines is 1. The Bertz CT molecular complexity index is 1070. The van der Waals surface area contributed by atoms with Crippen LogP contribution in [0.1, 0.15) is 54.0 Å². The number of benzene rings is 1. The molecule has 3 rings (SSSR count). The molecule has 0 saturated heterocycles. The molecule has 1 saturated carbocycles. The van der Waals surface area contributed by atoms with Gasteiger partial charge in [0.15, 0.2) is 5.82 Å². The van der Waals surface area contributed by atoms with Gasteiger partial charge in [0.05, 0.1) is 5.69 Å². The van der Waals surface area contributed by atoms with Crippen LogP contribution in [0, 0.1) is 19.7 Å². The predicted octanol–water partition coefficient (Wildman–Crippen LogP) is 3.53. The van der Waals surface area contributed by atoms with Crippen LogP contribution in [0.4, 0.5) is 10.1 Å². The molecule has 1 heterocycles. The molecule has 0 atom stereocenters. The van der Waals surface area contributed by atoms with Crippen molar-refractivity contribution in [2.24, 2.45) is 0 Å². The molecule has 1 aromatic carbocycles. The average molecular weight is 422 g/mol. The van der Waals surface area contributed by atoms with Crippen LogP contribution < -0.4 is 10.3 Å². The van der Waals surface area contributed by atoms with E-state index in [-0.39, 0.29) is 23.7 Å². The Hall–Kier alpha value is -2.19. The van der Waals surface area contributed by atoms with E-state index in [1.165, 1.54) is 24.9 Å². The number of hydrogen-bond donors (Lipinski definition) is 1. The Kier molecular flexibility index (Phi) is 6.14. The molecule has 8 heteroatoms. The third-order valence-corrected chi connectivity index (χ3v) is 7.02. The fraction of sp³-hybridized carbons (Fsp3) is 0.476. The molecule has 158 valence electrons. The second-order valence-electron chi connectivity index (χ2n) is 7.98. The van der Waals surface area contributed by atoms with Gasteiger partial charge in [-0.15, -0.1) is 0 Å². The van der Waals surface area contributed by atoms with Gasteiger partial charge in [0.25, 0.3) is 5.56 Å². The second-order valence-corrected chi connectivity index (χ2v) is 9.87. The molecule has 0 bridgehead atoms. The van der Waals surface area contributed by atoms with Crippen LogP contribution >= 0.6 is 0 Å². The molecular formula is C21H28FN3O3S. The van der Waals surface area contributed by atoms with Crippen LogP contribution in [0.3, 0.4) is 0 Å². The molecule has 2 aromatic rings. The lowest BCUT2D eigenvalue weighted by molar-refractivity contribution is 0.474. The zero-order valence-corrected chi connectivity index (χ0v) is 18.1. The van der Waals surface area contributed by atoms with Crippen LogP contribution in [0.5, 0.6) is 0 Å². The summed E-state index contributed by atoms with van der Waals surface area (Å²) in [5.74, 6) is -0.893. The lowest BCUT2D eigenvalue weighted by Gasteiger charge is -2.21. The highest BCUT2D eigenvalue weighted by Gasteiger charge is 2.25. The average Bonchev–Trinajstić information content (AvgIpc) is 3.17. The van der Waals surface area contributed by atoms with Crippen LogP contribution in [0.25, 0.3) is 0 Å². The van der Waals surface area contributed by atoms with E-state index in [2.05, 4.69) is 4.72 Å². The fourth-order valence-corrected chi connectivity index (χ4v) is 4.45. The summed E-state index contributed by atoms with van der Waals surface area (Å²) >= 11 is 0. The van der Waals surface area contributed by atoms with Crippen molar-refractivity contribution in [2.45, 2.75) is 52.0 Å². The highest BCUT2D eigenvalue weighted by Crippen LogP contribution is 2.31. The lowest BCUT2D eigenvalue weighted by Crippen LogP contribution is -2.32. The van der Waals surface area contributed by atoms with Crippen molar-refractivity contribution in [3.05, 3.63) is 62.8 Å². The van der Waals surface area contributed by atoms with Gasteiger partial charge in [-0.2, -0.15) is 12.7 Å². The van der Waals surface area contributed by atoms with Crippen LogP contribution in [-0.4, -0.2) is 31.4 Å². The minimum Gasteiger partial charge on any atom is -0.308 e. The third kappa shape index (κ3) is 4.53. The molecular weight excluding hydrogens is 393 g/mol. The highest BCUT2D eigenvalue weighted by atomic mass is 32.2. The second kappa shape index (κ2) is 8.28. The van der Waals surface area contributed by atoms with Gasteiger partial charge in [0, 0.05) is 38.3 Å². The number of rotatable bonds is 6. The zero-order chi connectivity index (χ0) is 21.3. The molecule has 1 fully saturated rings. The van der Waals surface area contributed by atoms with E-state index in [1.807, 2.05) is 32.0 Å². The first kappa shape index (κ1) is 21.5. The number of pyridine rings is 1. The van der Waals surface area contributed by atoms with E-state index in [4.69, 9.17) is 0 Å². The van der Waals surface area contributed by atoms with E-state index < -0.39 is 21.6 Å². The Balaban J connectivity index is 2.14. The van der Waals surface area contributed by atoms with Crippen molar-refractivity contribution in [2.75, 3.05) is 18.8 Å². The Labute approximate surface area is 171 Å². The normalized spacial score (nSPS) is 15.2. The first-order valence-electron chi connectivity index (χ1n) is 9.80. The Morgan fingerprint density at radius 2 is 1.86 bits per heavy atom. The summed E-state index contributed by atoms with van der Waals surface area (Å²) < 4.78 is 45.0. The van der Waals surface area contributed by atoms with Crippen molar-refractivity contribution >= 4 is 15.9 Å². The summed E-state index contributed by atoms with van der Waals surface area (Å²) in [5.41, 5.74) is 2.38. The smallest absolute Gasteiger partial charge is 0.301 e. The molecule has 0 spiro atoms. The summed E-state index contributed by atoms with van der Waals surface area (Å²) in [6.07, 6.45) is 5.13. The lowest BCUT2D eigenvalue weighted by atomic mass is 9.98. The summed E-state index contributed by atoms with van der Waals surface area (Å²) in [6, 6.07) is 5.69. The van der Waals surface area contributed by atoms with Gasteiger partial charge in [-0.3, -0.25) is 9.52 Å². The van der Waals surface area contributed by atoms with Gasteiger partial charge in [-0.05, 0) is 37.8 Å². The predicted molar refractivity (Wildman–Crippen MR) is 113 cm³/mol. The van der Waals surface area contributed by atoms with Gasteiger partial charge in [-0.25, -0.2) is 4.39 Å². The van der Waals surface area contributed by atoms with Crippen LogP contribution in [0.2, 0.25) is 0 Å². The SMILES string of the molecule is Cc1ccc(Cc2c(NS(=O)(=O)N(C)C)cn(C3CCCC3)c(=O)c2F)c(C)c1. The van der Waals surface area contributed by atoms with Crippen LogP contribution in [0.15, 0.2) is 29.2 Å². The standard InChI is InChI=1S/C21H28FN3O3S/c1-14-9-10-16(15(2)11-14)12-18-19(23-29(27,28)24(3)4)13-25(21(26)20(18)22)17-7-5-6-8-17/h9-11,13,17,23H,5-8,12H2,1-4H3. The van der Waals surface area contributed by atoms with Gasteiger partial charge in [0.2, 0.25) is 0 Å². The fourth-order valence-electron chi connectivity index (χ4n) is 3.82. The zero-order valence-electron chi connectivity index (χ0n) is 17.3. The van der Waals surface area contributed by atoms with E-state index >= 15 is 4.39 Å². The largest absolute Gasteiger partial charge is 0.308 e. The molecule has 1 N–H and O–H groups in total. The van der Waals surface area contributed by atoms with Crippen molar-refractivity contribution in [3.8, 4) is 0 Å². The summed E-state index contributed by atoms with van der Waals surface area (Å²) in [4.78, 5) is 12.8. The quantitative estimate of drug-likeness (QED) is 0.776. The molecule has 1 aromatic heterocycles. The van der Waals surface area contributed by atoms with Gasteiger partial charge in [0.1, 0.15) is 0 Å². The first-order chi connectivity index (χ1) is 13.6. The third-order valence-electron chi connectivity index (χ3n) is 5.58. The molecule has 1 aliphatic carbocycles. The van der Waals surface area contributed by atoms with Gasteiger partial charge in [-0.1, -0.05) is 36.6 Å². The number of hydrogen-bond acceptors (Lipinski definition) is 3. The Morgan fingerprint density at radius 1 is 1.21 bits per heavy atom. The number of aromatic nitrogens is 1. The molecule has 1 aliphatic rings. The van der Waals surface area contributed by atoms with Crippen molar-refractivity contribution in [1.29, 1.82) is 0 Å². The molecule has 6 nitrogen and oxygen atoms in total. The molecule has 0 aliphatic heterocycles. The molecule has 0 unspecified atom stereocenters. The van der Waals surface area contributed by atoms with E-state index in [0.717, 1.165) is 46.7 Å². The van der Waals surface area contributed by atoms with Crippen LogP contribution in [-0.2, 0) is 16.6 Å². The summed E-state index contributed by atoms with van der Waals surface area (Å²) in [7, 11) is -1.05. The van der Waals surface area contributed by atoms with Crippen molar-refractivity contribution in [1.82, 2.24) is 8.87 Å². The monoisotopic (exact) mass is 421 g/mol. The maximum atomic E-state index is 15.3. The summed E-state index contributed by atoms with van der Waals surface area (Å²) in [6.45, 7) is 3.89. The first-order valence-corrected chi connectivity index (χ1v) is 11.2. The van der Waals surface area contributed by atoms with E-state index in [9.17, 15) is 13.2 Å². The van der Waals surface area contributed by atoms with Crippen molar-refractivity contribution in [3.63, 3.8) is 0 Å². The number of halogens is 1. The Morgan fingerprint density at radius 3 is 2.45 bits per heavy atom. The van der Waals surface area contributed by atoms with E-state index in [1.54, 1.807) is 0 Å². The maximum Gasteiger partial charge on any atom is 0.301 e. The molecule has 0 amide bonds. The van der Waals surface area contributed by atoms with E-state index in [0.29, 0.717) is 0 Å². The molecule has 29 heavy (non-hydrogen) atoms.